The molecule has 3 rings (SSSR count). The zero-order chi connectivity index (χ0) is 14.3. The molecule has 0 unspecified atom stereocenters. The van der Waals surface area contributed by atoms with Crippen molar-refractivity contribution < 1.29 is 0 Å². The van der Waals surface area contributed by atoms with Crippen LogP contribution in [0.4, 0.5) is 0 Å². The van der Waals surface area contributed by atoms with Gasteiger partial charge in [-0.05, 0) is 43.7 Å². The highest BCUT2D eigenvalue weighted by Gasteiger charge is 2.14. The number of rotatable bonds is 3. The highest BCUT2D eigenvalue weighted by atomic mass is 14.9. The predicted molar refractivity (Wildman–Crippen MR) is 89.8 cm³/mol. The van der Waals surface area contributed by atoms with Gasteiger partial charge in [0, 0.05) is 12.2 Å². The Kier molecular flexibility index (Phi) is 5.09. The Morgan fingerprint density at radius 3 is 2.52 bits per heavy atom. The van der Waals surface area contributed by atoms with Crippen LogP contribution in [0.2, 0.25) is 0 Å². The van der Waals surface area contributed by atoms with Gasteiger partial charge in [0.2, 0.25) is 0 Å². The van der Waals surface area contributed by atoms with Crippen molar-refractivity contribution in [1.82, 2.24) is 5.32 Å². The third kappa shape index (κ3) is 4.20. The molecule has 1 saturated heterocycles. The van der Waals surface area contributed by atoms with E-state index in [0.29, 0.717) is 6.04 Å². The van der Waals surface area contributed by atoms with Gasteiger partial charge in [-0.1, -0.05) is 49.6 Å². The fraction of sp³-hybridized carbons (Fsp3) is 0.526. The van der Waals surface area contributed by atoms with Crippen LogP contribution >= 0.6 is 0 Å². The van der Waals surface area contributed by atoms with E-state index >= 15 is 0 Å². The fourth-order valence-electron chi connectivity index (χ4n) is 3.28. The molecule has 0 aromatic heterocycles. The van der Waals surface area contributed by atoms with E-state index in [4.69, 9.17) is 4.99 Å². The molecule has 1 aliphatic heterocycles. The third-order valence-electron chi connectivity index (χ3n) is 4.50. The van der Waals surface area contributed by atoms with E-state index in [2.05, 4.69) is 41.7 Å². The van der Waals surface area contributed by atoms with E-state index in [1.54, 1.807) is 0 Å². The van der Waals surface area contributed by atoms with Gasteiger partial charge in [0.05, 0.1) is 11.8 Å². The normalized spacial score (nSPS) is 23.0. The Balaban J connectivity index is 1.85. The molecule has 2 aliphatic rings. The van der Waals surface area contributed by atoms with E-state index in [9.17, 15) is 0 Å². The number of hydrogen-bond acceptors (Lipinski definition) is 2. The molecule has 0 bridgehead atoms. The summed E-state index contributed by atoms with van der Waals surface area (Å²) in [7, 11) is 0. The second kappa shape index (κ2) is 7.44. The standard InChI is InChI=1S/C19H26N2/c1-3-9-16(10-4-1)19(15-18-13-7-8-14-20-18)21-17-11-5-2-6-12-17/h1,3-4,9-10,15,17,20H,2,5-8,11-14H2. The average Bonchev–Trinajstić information content (AvgIpc) is 2.57. The first-order chi connectivity index (χ1) is 10.4. The molecule has 2 fully saturated rings. The number of hydrogen-bond donors (Lipinski definition) is 1. The summed E-state index contributed by atoms with van der Waals surface area (Å²) >= 11 is 0. The number of nitrogens with zero attached hydrogens (tertiary/aromatic N) is 1. The molecular formula is C19H26N2. The van der Waals surface area contributed by atoms with Gasteiger partial charge in [-0.2, -0.15) is 0 Å². The molecular weight excluding hydrogens is 256 g/mol. The number of aliphatic imine (C=N–C) groups is 1. The smallest absolute Gasteiger partial charge is 0.0667 e. The topological polar surface area (TPSA) is 24.4 Å². The van der Waals surface area contributed by atoms with Crippen LogP contribution in [0.5, 0.6) is 0 Å². The minimum Gasteiger partial charge on any atom is -0.388 e. The molecule has 0 amide bonds. The monoisotopic (exact) mass is 282 g/mol. The van der Waals surface area contributed by atoms with Gasteiger partial charge in [-0.3, -0.25) is 4.99 Å². The molecule has 2 nitrogen and oxygen atoms in total. The van der Waals surface area contributed by atoms with Gasteiger partial charge in [0.15, 0.2) is 0 Å². The third-order valence-corrected chi connectivity index (χ3v) is 4.50. The van der Waals surface area contributed by atoms with Crippen molar-refractivity contribution in [2.45, 2.75) is 57.4 Å². The average molecular weight is 282 g/mol. The first kappa shape index (κ1) is 14.4. The minimum atomic E-state index is 0.523. The van der Waals surface area contributed by atoms with Gasteiger partial charge >= 0.3 is 0 Å². The number of allylic oxidation sites excluding steroid dienone is 2. The Morgan fingerprint density at radius 1 is 1.00 bits per heavy atom. The van der Waals surface area contributed by atoms with Crippen LogP contribution in [-0.2, 0) is 0 Å². The summed E-state index contributed by atoms with van der Waals surface area (Å²) in [6.07, 6.45) is 12.6. The van der Waals surface area contributed by atoms with Crippen molar-refractivity contribution in [1.29, 1.82) is 0 Å². The molecule has 1 aliphatic carbocycles. The van der Waals surface area contributed by atoms with Gasteiger partial charge in [-0.25, -0.2) is 0 Å². The van der Waals surface area contributed by atoms with Gasteiger partial charge < -0.3 is 5.32 Å². The lowest BCUT2D eigenvalue weighted by Gasteiger charge is -2.20. The van der Waals surface area contributed by atoms with Crippen LogP contribution in [0.3, 0.4) is 0 Å². The van der Waals surface area contributed by atoms with E-state index < -0.39 is 0 Å². The molecule has 1 aromatic rings. The molecule has 0 spiro atoms. The SMILES string of the molecule is C(=C1CCCCN1)C(=NC1CCCCC1)c1ccccc1. The molecule has 1 heterocycles. The van der Waals surface area contributed by atoms with Gasteiger partial charge in [-0.15, -0.1) is 0 Å². The summed E-state index contributed by atoms with van der Waals surface area (Å²) in [6, 6.07) is 11.2. The summed E-state index contributed by atoms with van der Waals surface area (Å²) in [5, 5.41) is 3.54. The van der Waals surface area contributed by atoms with Crippen LogP contribution in [0.25, 0.3) is 0 Å². The molecule has 0 atom stereocenters. The molecule has 1 N–H and O–H groups in total. The van der Waals surface area contributed by atoms with Crippen molar-refractivity contribution in [3.05, 3.63) is 47.7 Å². The maximum atomic E-state index is 5.10. The minimum absolute atomic E-state index is 0.523. The van der Waals surface area contributed by atoms with Crippen molar-refractivity contribution in [3.8, 4) is 0 Å². The highest BCUT2D eigenvalue weighted by Crippen LogP contribution is 2.22. The number of nitrogens with one attached hydrogen (secondary N) is 1. The van der Waals surface area contributed by atoms with Crippen LogP contribution in [-0.4, -0.2) is 18.3 Å². The van der Waals surface area contributed by atoms with Crippen molar-refractivity contribution in [2.24, 2.45) is 4.99 Å². The van der Waals surface area contributed by atoms with E-state index in [0.717, 1.165) is 13.0 Å². The number of piperidine rings is 1. The first-order valence-corrected chi connectivity index (χ1v) is 8.49. The fourth-order valence-corrected chi connectivity index (χ4v) is 3.28. The van der Waals surface area contributed by atoms with Crippen molar-refractivity contribution in [3.63, 3.8) is 0 Å². The molecule has 1 saturated carbocycles. The maximum Gasteiger partial charge on any atom is 0.0667 e. The van der Waals surface area contributed by atoms with Crippen LogP contribution in [0, 0.1) is 0 Å². The Labute approximate surface area is 128 Å². The van der Waals surface area contributed by atoms with Crippen LogP contribution in [0.15, 0.2) is 47.1 Å². The first-order valence-electron chi connectivity index (χ1n) is 8.49. The highest BCUT2D eigenvalue weighted by molar-refractivity contribution is 6.09. The van der Waals surface area contributed by atoms with E-state index in [-0.39, 0.29) is 0 Å². The Hall–Kier alpha value is -1.57. The summed E-state index contributed by atoms with van der Waals surface area (Å²) in [6.45, 7) is 1.11. The summed E-state index contributed by atoms with van der Waals surface area (Å²) in [5.74, 6) is 0. The second-order valence-corrected chi connectivity index (χ2v) is 6.23. The molecule has 0 radical (unpaired) electrons. The summed E-state index contributed by atoms with van der Waals surface area (Å²) in [4.78, 5) is 5.10. The zero-order valence-corrected chi connectivity index (χ0v) is 12.9. The van der Waals surface area contributed by atoms with E-state index in [1.165, 1.54) is 61.9 Å². The van der Waals surface area contributed by atoms with Gasteiger partial charge in [0.1, 0.15) is 0 Å². The number of benzene rings is 1. The Bertz CT molecular complexity index is 488. The lowest BCUT2D eigenvalue weighted by molar-refractivity contribution is 0.443. The molecule has 21 heavy (non-hydrogen) atoms. The largest absolute Gasteiger partial charge is 0.388 e. The quantitative estimate of drug-likeness (QED) is 0.813. The predicted octanol–water partition coefficient (Wildman–Crippen LogP) is 4.47. The van der Waals surface area contributed by atoms with E-state index in [1.807, 2.05) is 0 Å². The maximum absolute atomic E-state index is 5.10. The lowest BCUT2D eigenvalue weighted by Crippen LogP contribution is -2.21. The zero-order valence-electron chi connectivity index (χ0n) is 12.9. The van der Waals surface area contributed by atoms with Crippen molar-refractivity contribution in [2.75, 3.05) is 6.54 Å². The second-order valence-electron chi connectivity index (χ2n) is 6.23. The molecule has 1 aromatic carbocycles. The Morgan fingerprint density at radius 2 is 1.81 bits per heavy atom. The van der Waals surface area contributed by atoms with Crippen LogP contribution < -0.4 is 5.32 Å². The van der Waals surface area contributed by atoms with Crippen molar-refractivity contribution >= 4 is 5.71 Å². The van der Waals surface area contributed by atoms with Gasteiger partial charge in [0.25, 0.3) is 0 Å². The van der Waals surface area contributed by atoms with Crippen LogP contribution in [0.1, 0.15) is 56.9 Å². The summed E-state index contributed by atoms with van der Waals surface area (Å²) in [5.41, 5.74) is 3.79. The summed E-state index contributed by atoms with van der Waals surface area (Å²) < 4.78 is 0. The molecule has 112 valence electrons. The molecule has 2 heteroatoms. The lowest BCUT2D eigenvalue weighted by atomic mass is 9.95.